The van der Waals surface area contributed by atoms with Crippen molar-refractivity contribution in [3.05, 3.63) is 12.2 Å². The Kier molecular flexibility index (Phi) is 2.60. The van der Waals surface area contributed by atoms with Gasteiger partial charge in [0, 0.05) is 6.92 Å². The summed E-state index contributed by atoms with van der Waals surface area (Å²) in [6, 6.07) is 0. The van der Waals surface area contributed by atoms with Crippen molar-refractivity contribution in [1.82, 2.24) is 0 Å². The van der Waals surface area contributed by atoms with Gasteiger partial charge in [0.15, 0.2) is 5.78 Å². The van der Waals surface area contributed by atoms with E-state index in [1.165, 1.54) is 19.1 Å². The molecule has 0 aromatic heterocycles. The van der Waals surface area contributed by atoms with E-state index in [9.17, 15) is 9.59 Å². The summed E-state index contributed by atoms with van der Waals surface area (Å²) in [5.41, 5.74) is 0. The van der Waals surface area contributed by atoms with Crippen LogP contribution in [0.1, 0.15) is 13.8 Å². The summed E-state index contributed by atoms with van der Waals surface area (Å²) in [6.07, 6.45) is 1.54. The molecule has 12 heavy (non-hydrogen) atoms. The zero-order valence-electron chi connectivity index (χ0n) is 6.94. The van der Waals surface area contributed by atoms with Crippen LogP contribution in [0.2, 0.25) is 0 Å². The lowest BCUT2D eigenvalue weighted by molar-refractivity contribution is -0.178. The van der Waals surface area contributed by atoms with Gasteiger partial charge in [0.05, 0.1) is 0 Å². The second-order valence-electron chi connectivity index (χ2n) is 2.52. The maximum absolute atomic E-state index is 10.9. The second kappa shape index (κ2) is 3.49. The quantitative estimate of drug-likeness (QED) is 0.535. The van der Waals surface area contributed by atoms with Crippen molar-refractivity contribution in [3.8, 4) is 0 Å². The number of hydrogen-bond donors (Lipinski definition) is 0. The molecule has 2 atom stereocenters. The average Bonchev–Trinajstić information content (AvgIpc) is 1.96. The number of rotatable bonds is 1. The Balaban J connectivity index is 2.55. The van der Waals surface area contributed by atoms with E-state index in [0.717, 1.165) is 0 Å². The number of carbonyl (C=O) groups is 2. The van der Waals surface area contributed by atoms with Crippen molar-refractivity contribution < 1.29 is 19.1 Å². The van der Waals surface area contributed by atoms with Gasteiger partial charge in [-0.1, -0.05) is 0 Å². The normalized spacial score (nSPS) is 28.7. The van der Waals surface area contributed by atoms with E-state index < -0.39 is 18.4 Å². The smallest absolute Gasteiger partial charge is 0.305 e. The predicted molar refractivity (Wildman–Crippen MR) is 40.2 cm³/mol. The maximum atomic E-state index is 10.9. The Morgan fingerprint density at radius 3 is 2.83 bits per heavy atom. The second-order valence-corrected chi connectivity index (χ2v) is 2.52. The molecule has 0 bridgehead atoms. The third-order valence-corrected chi connectivity index (χ3v) is 1.44. The van der Waals surface area contributed by atoms with Gasteiger partial charge in [-0.3, -0.25) is 9.59 Å². The number of ether oxygens (including phenoxy) is 2. The fourth-order valence-electron chi connectivity index (χ4n) is 0.853. The molecule has 0 unspecified atom stereocenters. The molecule has 0 aromatic rings. The van der Waals surface area contributed by atoms with Crippen LogP contribution in [0.5, 0.6) is 0 Å². The first kappa shape index (κ1) is 8.93. The molecular formula is C8H10O4. The minimum absolute atomic E-state index is 0.113. The molecule has 1 heterocycles. The van der Waals surface area contributed by atoms with Crippen LogP contribution in [-0.2, 0) is 19.1 Å². The molecule has 0 saturated heterocycles. The van der Waals surface area contributed by atoms with E-state index in [1.54, 1.807) is 6.92 Å². The summed E-state index contributed by atoms with van der Waals surface area (Å²) in [4.78, 5) is 21.4. The molecule has 0 N–H and O–H groups in total. The van der Waals surface area contributed by atoms with Crippen molar-refractivity contribution >= 4 is 11.8 Å². The Bertz CT molecular complexity index is 231. The van der Waals surface area contributed by atoms with Gasteiger partial charge in [-0.15, -0.1) is 0 Å². The van der Waals surface area contributed by atoms with Crippen molar-refractivity contribution in [1.29, 1.82) is 0 Å². The highest BCUT2D eigenvalue weighted by Gasteiger charge is 2.22. The molecule has 0 spiro atoms. The third kappa shape index (κ3) is 2.17. The lowest BCUT2D eigenvalue weighted by Gasteiger charge is -2.21. The van der Waals surface area contributed by atoms with Gasteiger partial charge in [-0.05, 0) is 19.1 Å². The SMILES string of the molecule is CC(=O)O[C@@H]1C=CC(=O)[C@@H](C)O1. The van der Waals surface area contributed by atoms with Crippen LogP contribution in [0.4, 0.5) is 0 Å². The monoisotopic (exact) mass is 170 g/mol. The Hall–Kier alpha value is -1.16. The minimum atomic E-state index is -0.713. The molecule has 1 aliphatic heterocycles. The lowest BCUT2D eigenvalue weighted by atomic mass is 10.2. The number of esters is 1. The standard InChI is InChI=1S/C8H10O4/c1-5-7(10)3-4-8(11-5)12-6(2)9/h3-5,8H,1-2H3/t5-,8-/m1/s1. The summed E-state index contributed by atoms with van der Waals surface area (Å²) in [6.45, 7) is 2.90. The Morgan fingerprint density at radius 1 is 1.67 bits per heavy atom. The first-order valence-electron chi connectivity index (χ1n) is 3.64. The first-order valence-corrected chi connectivity index (χ1v) is 3.64. The summed E-state index contributed by atoms with van der Waals surface area (Å²) < 4.78 is 9.74. The molecule has 0 saturated carbocycles. The zero-order valence-corrected chi connectivity index (χ0v) is 6.94. The van der Waals surface area contributed by atoms with Crippen molar-refractivity contribution in [3.63, 3.8) is 0 Å². The Morgan fingerprint density at radius 2 is 2.33 bits per heavy atom. The molecule has 0 aliphatic carbocycles. The van der Waals surface area contributed by atoms with E-state index in [4.69, 9.17) is 9.47 Å². The van der Waals surface area contributed by atoms with Gasteiger partial charge in [-0.25, -0.2) is 0 Å². The Labute approximate surface area is 70.1 Å². The number of carbonyl (C=O) groups excluding carboxylic acids is 2. The highest BCUT2D eigenvalue weighted by atomic mass is 16.7. The minimum Gasteiger partial charge on any atom is -0.432 e. The summed E-state index contributed by atoms with van der Waals surface area (Å²) >= 11 is 0. The molecule has 0 radical (unpaired) electrons. The molecular weight excluding hydrogens is 160 g/mol. The summed E-state index contributed by atoms with van der Waals surface area (Å²) in [7, 11) is 0. The molecule has 0 aromatic carbocycles. The van der Waals surface area contributed by atoms with Crippen LogP contribution < -0.4 is 0 Å². The first-order chi connectivity index (χ1) is 5.59. The van der Waals surface area contributed by atoms with Gasteiger partial charge in [0.2, 0.25) is 6.29 Å². The summed E-state index contributed by atoms with van der Waals surface area (Å²) in [5, 5.41) is 0. The summed E-state index contributed by atoms with van der Waals surface area (Å²) in [5.74, 6) is -0.537. The fourth-order valence-corrected chi connectivity index (χ4v) is 0.853. The van der Waals surface area contributed by atoms with Crippen molar-refractivity contribution in [2.45, 2.75) is 26.2 Å². The van der Waals surface area contributed by atoms with Crippen LogP contribution >= 0.6 is 0 Å². The van der Waals surface area contributed by atoms with Crippen LogP contribution in [0.3, 0.4) is 0 Å². The zero-order chi connectivity index (χ0) is 9.14. The molecule has 0 fully saturated rings. The topological polar surface area (TPSA) is 52.6 Å². The van der Waals surface area contributed by atoms with E-state index in [-0.39, 0.29) is 5.78 Å². The fraction of sp³-hybridized carbons (Fsp3) is 0.500. The van der Waals surface area contributed by atoms with Crippen molar-refractivity contribution in [2.75, 3.05) is 0 Å². The molecule has 1 aliphatic rings. The van der Waals surface area contributed by atoms with Gasteiger partial charge in [-0.2, -0.15) is 0 Å². The largest absolute Gasteiger partial charge is 0.432 e. The van der Waals surface area contributed by atoms with Gasteiger partial charge >= 0.3 is 5.97 Å². The molecule has 0 amide bonds. The van der Waals surface area contributed by atoms with E-state index >= 15 is 0 Å². The van der Waals surface area contributed by atoms with Crippen LogP contribution in [0.15, 0.2) is 12.2 Å². The predicted octanol–water partition coefficient (Wildman–Crippen LogP) is 0.420. The van der Waals surface area contributed by atoms with E-state index in [0.29, 0.717) is 0 Å². The van der Waals surface area contributed by atoms with Gasteiger partial charge < -0.3 is 9.47 Å². The lowest BCUT2D eigenvalue weighted by Crippen LogP contribution is -2.31. The highest BCUT2D eigenvalue weighted by Crippen LogP contribution is 2.09. The van der Waals surface area contributed by atoms with E-state index in [2.05, 4.69) is 0 Å². The highest BCUT2D eigenvalue weighted by molar-refractivity contribution is 5.93. The van der Waals surface area contributed by atoms with Gasteiger partial charge in [0.1, 0.15) is 6.10 Å². The van der Waals surface area contributed by atoms with E-state index in [1.807, 2.05) is 0 Å². The molecule has 1 rings (SSSR count). The van der Waals surface area contributed by atoms with Crippen LogP contribution in [-0.4, -0.2) is 24.1 Å². The third-order valence-electron chi connectivity index (χ3n) is 1.44. The van der Waals surface area contributed by atoms with Crippen LogP contribution in [0.25, 0.3) is 0 Å². The number of hydrogen-bond acceptors (Lipinski definition) is 4. The molecule has 4 nitrogen and oxygen atoms in total. The average molecular weight is 170 g/mol. The van der Waals surface area contributed by atoms with Crippen molar-refractivity contribution in [2.24, 2.45) is 0 Å². The van der Waals surface area contributed by atoms with Gasteiger partial charge in [0.25, 0.3) is 0 Å². The molecule has 66 valence electrons. The molecule has 4 heteroatoms. The van der Waals surface area contributed by atoms with Crippen LogP contribution in [0, 0.1) is 0 Å². The number of ketones is 1. The maximum Gasteiger partial charge on any atom is 0.305 e.